The van der Waals surface area contributed by atoms with Gasteiger partial charge in [0.05, 0.1) is 12.0 Å². The van der Waals surface area contributed by atoms with Crippen molar-refractivity contribution in [3.8, 4) is 5.75 Å². The van der Waals surface area contributed by atoms with Crippen LogP contribution in [0, 0.1) is 6.92 Å². The minimum Gasteiger partial charge on any atom is -0.467 e. The quantitative estimate of drug-likeness (QED) is 0.406. The Kier molecular flexibility index (Phi) is 10.5. The summed E-state index contributed by atoms with van der Waals surface area (Å²) in [6, 6.07) is 10.1. The van der Waals surface area contributed by atoms with Crippen LogP contribution in [0.25, 0.3) is 0 Å². The summed E-state index contributed by atoms with van der Waals surface area (Å²) in [5, 5.41) is 2.74. The van der Waals surface area contributed by atoms with Crippen LogP contribution in [-0.4, -0.2) is 85.5 Å². The van der Waals surface area contributed by atoms with E-state index in [9.17, 15) is 27.6 Å². The summed E-state index contributed by atoms with van der Waals surface area (Å²) in [5.74, 6) is -1.51. The van der Waals surface area contributed by atoms with Gasteiger partial charge in [0.1, 0.15) is 29.5 Å². The summed E-state index contributed by atoms with van der Waals surface area (Å²) in [7, 11) is -2.67. The Morgan fingerprint density at radius 1 is 0.933 bits per heavy atom. The standard InChI is InChI=1S/C32H41N3O9S/c1-21-10-16-24(17-11-21)45(40,41)35-19-7-8-26(35)28(36)33-25(29(37)44-32(2,3)4)20-22-12-14-23(15-13-22)43-31(39)34-18-6-9-27(34)30(38)42-5/h10-17,25-27H,6-9,18-20H2,1-5H3,(H,33,36)/t25-,26-,27?/m0/s1. The molecule has 2 aliphatic rings. The zero-order chi connectivity index (χ0) is 32.9. The second-order valence-electron chi connectivity index (χ2n) is 12.3. The number of hydrogen-bond donors (Lipinski definition) is 1. The summed E-state index contributed by atoms with van der Waals surface area (Å²) >= 11 is 0. The first kappa shape index (κ1) is 33.9. The minimum absolute atomic E-state index is 0.0445. The van der Waals surface area contributed by atoms with Gasteiger partial charge in [-0.15, -0.1) is 0 Å². The van der Waals surface area contributed by atoms with Crippen molar-refractivity contribution in [2.24, 2.45) is 0 Å². The summed E-state index contributed by atoms with van der Waals surface area (Å²) in [4.78, 5) is 52.9. The van der Waals surface area contributed by atoms with Gasteiger partial charge in [-0.25, -0.2) is 22.8 Å². The molecular formula is C32H41N3O9S. The smallest absolute Gasteiger partial charge is 0.415 e. The molecule has 0 saturated carbocycles. The van der Waals surface area contributed by atoms with Crippen LogP contribution in [0.2, 0.25) is 0 Å². The summed E-state index contributed by atoms with van der Waals surface area (Å²) in [6.07, 6.45) is 1.33. The van der Waals surface area contributed by atoms with Crippen molar-refractivity contribution in [1.29, 1.82) is 0 Å². The lowest BCUT2D eigenvalue weighted by molar-refractivity contribution is -0.158. The highest BCUT2D eigenvalue weighted by Crippen LogP contribution is 2.27. The third kappa shape index (κ3) is 8.40. The normalized spacial score (nSPS) is 19.5. The number of aryl methyl sites for hydroxylation is 1. The summed E-state index contributed by atoms with van der Waals surface area (Å²) in [5.41, 5.74) is 0.717. The van der Waals surface area contributed by atoms with Crippen LogP contribution >= 0.6 is 0 Å². The van der Waals surface area contributed by atoms with Crippen molar-refractivity contribution < 1.29 is 41.8 Å². The monoisotopic (exact) mass is 643 g/mol. The van der Waals surface area contributed by atoms with Crippen molar-refractivity contribution in [2.75, 3.05) is 20.2 Å². The van der Waals surface area contributed by atoms with E-state index in [4.69, 9.17) is 14.2 Å². The van der Waals surface area contributed by atoms with E-state index in [0.717, 1.165) is 5.56 Å². The molecule has 13 heteroatoms. The largest absolute Gasteiger partial charge is 0.467 e. The fraction of sp³-hybridized carbons (Fsp3) is 0.500. The minimum atomic E-state index is -3.94. The van der Waals surface area contributed by atoms with Gasteiger partial charge in [-0.2, -0.15) is 4.31 Å². The number of nitrogens with one attached hydrogen (secondary N) is 1. The maximum atomic E-state index is 13.5. The maximum Gasteiger partial charge on any atom is 0.415 e. The maximum absolute atomic E-state index is 13.5. The lowest BCUT2D eigenvalue weighted by Crippen LogP contribution is -2.52. The molecule has 2 fully saturated rings. The predicted molar refractivity (Wildman–Crippen MR) is 164 cm³/mol. The van der Waals surface area contributed by atoms with E-state index in [1.165, 1.54) is 28.4 Å². The number of amides is 2. The number of rotatable bonds is 9. The number of methoxy groups -OCH3 is 1. The highest BCUT2D eigenvalue weighted by Gasteiger charge is 2.41. The molecule has 0 spiro atoms. The molecule has 45 heavy (non-hydrogen) atoms. The molecule has 2 saturated heterocycles. The zero-order valence-electron chi connectivity index (χ0n) is 26.3. The molecule has 2 aliphatic heterocycles. The number of hydrogen-bond acceptors (Lipinski definition) is 9. The molecule has 2 aromatic rings. The predicted octanol–water partition coefficient (Wildman–Crippen LogP) is 3.35. The van der Waals surface area contributed by atoms with Crippen LogP contribution in [0.4, 0.5) is 4.79 Å². The molecule has 2 amide bonds. The number of carbonyl (C=O) groups is 4. The second kappa shape index (κ2) is 14.0. The van der Waals surface area contributed by atoms with Gasteiger partial charge in [0.15, 0.2) is 0 Å². The Morgan fingerprint density at radius 3 is 2.18 bits per heavy atom. The van der Waals surface area contributed by atoms with Crippen LogP contribution in [-0.2, 0) is 40.3 Å². The van der Waals surface area contributed by atoms with Gasteiger partial charge in [0.2, 0.25) is 15.9 Å². The molecule has 2 heterocycles. The van der Waals surface area contributed by atoms with Crippen LogP contribution in [0.3, 0.4) is 0 Å². The molecule has 0 bridgehead atoms. The number of esters is 2. The van der Waals surface area contributed by atoms with Crippen LogP contribution in [0.5, 0.6) is 5.75 Å². The topological polar surface area (TPSA) is 149 Å². The molecule has 2 aromatic carbocycles. The van der Waals surface area contributed by atoms with Crippen molar-refractivity contribution in [2.45, 2.75) is 88.4 Å². The molecule has 0 aliphatic carbocycles. The SMILES string of the molecule is COC(=O)C1CCCN1C(=O)Oc1ccc(C[C@H](NC(=O)[C@@H]2CCCN2S(=O)(=O)c2ccc(C)cc2)C(=O)OC(C)(C)C)cc1. The molecule has 1 unspecified atom stereocenters. The molecule has 0 radical (unpaired) electrons. The Labute approximate surface area is 264 Å². The number of carbonyl (C=O) groups excluding carboxylic acids is 4. The Balaban J connectivity index is 1.47. The van der Waals surface area contributed by atoms with Gasteiger partial charge in [-0.05, 0) is 83.2 Å². The lowest BCUT2D eigenvalue weighted by Gasteiger charge is -2.28. The van der Waals surface area contributed by atoms with Crippen molar-refractivity contribution in [1.82, 2.24) is 14.5 Å². The fourth-order valence-electron chi connectivity index (χ4n) is 5.42. The number of benzene rings is 2. The van der Waals surface area contributed by atoms with Crippen LogP contribution in [0.15, 0.2) is 53.4 Å². The Morgan fingerprint density at radius 2 is 1.56 bits per heavy atom. The molecule has 4 rings (SSSR count). The third-order valence-corrected chi connectivity index (χ3v) is 9.59. The molecule has 12 nitrogen and oxygen atoms in total. The molecule has 0 aromatic heterocycles. The van der Waals surface area contributed by atoms with Gasteiger partial charge in [0, 0.05) is 19.5 Å². The molecule has 244 valence electrons. The van der Waals surface area contributed by atoms with E-state index in [1.807, 2.05) is 6.92 Å². The fourth-order valence-corrected chi connectivity index (χ4v) is 7.08. The molecular weight excluding hydrogens is 602 g/mol. The van der Waals surface area contributed by atoms with E-state index in [1.54, 1.807) is 57.2 Å². The number of nitrogens with zero attached hydrogens (tertiary/aromatic N) is 2. The van der Waals surface area contributed by atoms with Crippen molar-refractivity contribution >= 4 is 34.0 Å². The molecule has 1 N–H and O–H groups in total. The van der Waals surface area contributed by atoms with Crippen LogP contribution in [0.1, 0.15) is 57.6 Å². The van der Waals surface area contributed by atoms with Gasteiger partial charge in [-0.1, -0.05) is 29.8 Å². The Bertz CT molecular complexity index is 1500. The Hall–Kier alpha value is -3.97. The van der Waals surface area contributed by atoms with Crippen molar-refractivity contribution in [3.63, 3.8) is 0 Å². The summed E-state index contributed by atoms with van der Waals surface area (Å²) in [6.45, 7) is 7.55. The van der Waals surface area contributed by atoms with Crippen molar-refractivity contribution in [3.05, 3.63) is 59.7 Å². The lowest BCUT2D eigenvalue weighted by atomic mass is 10.0. The number of likely N-dealkylation sites (tertiary alicyclic amines) is 1. The number of ether oxygens (including phenoxy) is 3. The van der Waals surface area contributed by atoms with Gasteiger partial charge in [0.25, 0.3) is 0 Å². The van der Waals surface area contributed by atoms with Gasteiger partial charge < -0.3 is 19.5 Å². The molecule has 3 atom stereocenters. The van der Waals surface area contributed by atoms with Crippen LogP contribution < -0.4 is 10.1 Å². The second-order valence-corrected chi connectivity index (χ2v) is 14.2. The van der Waals surface area contributed by atoms with Gasteiger partial charge >= 0.3 is 18.0 Å². The van der Waals surface area contributed by atoms with E-state index < -0.39 is 57.7 Å². The third-order valence-electron chi connectivity index (χ3n) is 7.67. The highest BCUT2D eigenvalue weighted by atomic mass is 32.2. The van der Waals surface area contributed by atoms with E-state index >= 15 is 0 Å². The van der Waals surface area contributed by atoms with Gasteiger partial charge in [-0.3, -0.25) is 9.69 Å². The number of sulfonamides is 1. The highest BCUT2D eigenvalue weighted by molar-refractivity contribution is 7.89. The van der Waals surface area contributed by atoms with E-state index in [2.05, 4.69) is 5.32 Å². The first-order chi connectivity index (χ1) is 21.2. The zero-order valence-corrected chi connectivity index (χ0v) is 27.1. The first-order valence-corrected chi connectivity index (χ1v) is 16.4. The van der Waals surface area contributed by atoms with E-state index in [-0.39, 0.29) is 23.6 Å². The summed E-state index contributed by atoms with van der Waals surface area (Å²) < 4.78 is 43.8. The average molecular weight is 644 g/mol. The first-order valence-electron chi connectivity index (χ1n) is 15.0. The van der Waals surface area contributed by atoms with E-state index in [0.29, 0.717) is 37.8 Å². The average Bonchev–Trinajstić information content (AvgIpc) is 3.68.